The Bertz CT molecular complexity index is 778. The highest BCUT2D eigenvalue weighted by molar-refractivity contribution is 5.92. The lowest BCUT2D eigenvalue weighted by Crippen LogP contribution is -2.16. The maximum absolute atomic E-state index is 13.6. The summed E-state index contributed by atoms with van der Waals surface area (Å²) in [6, 6.07) is 5.05. The molecule has 0 bridgehead atoms. The van der Waals surface area contributed by atoms with Crippen LogP contribution in [0.25, 0.3) is 0 Å². The summed E-state index contributed by atoms with van der Waals surface area (Å²) in [5.41, 5.74) is 0.985. The molecule has 0 aliphatic rings. The Hall–Kier alpha value is -2.70. The van der Waals surface area contributed by atoms with Crippen molar-refractivity contribution in [2.24, 2.45) is 0 Å². The number of ether oxygens (including phenoxy) is 2. The monoisotopic (exact) mass is 339 g/mol. The zero-order valence-electron chi connectivity index (χ0n) is 13.4. The number of carbonyl (C=O) groups is 1. The standard InChI is InChI=1S/C17H16F3NO3/c1-9-6-13(23-2)14(24-3)7-10(9)8-15(22)21-12-5-4-11(18)16(19)17(12)20/h4-7H,8H2,1-3H3,(H,21,22). The normalized spacial score (nSPS) is 10.4. The highest BCUT2D eigenvalue weighted by Gasteiger charge is 2.17. The number of anilines is 1. The number of amides is 1. The van der Waals surface area contributed by atoms with Gasteiger partial charge in [-0.3, -0.25) is 4.79 Å². The summed E-state index contributed by atoms with van der Waals surface area (Å²) >= 11 is 0. The predicted molar refractivity (Wildman–Crippen MR) is 82.9 cm³/mol. The first kappa shape index (κ1) is 17.7. The smallest absolute Gasteiger partial charge is 0.228 e. The van der Waals surface area contributed by atoms with Crippen LogP contribution < -0.4 is 14.8 Å². The van der Waals surface area contributed by atoms with Gasteiger partial charge >= 0.3 is 0 Å². The van der Waals surface area contributed by atoms with Crippen molar-refractivity contribution in [2.75, 3.05) is 19.5 Å². The van der Waals surface area contributed by atoms with Crippen LogP contribution in [0.1, 0.15) is 11.1 Å². The van der Waals surface area contributed by atoms with E-state index in [0.717, 1.165) is 17.7 Å². The van der Waals surface area contributed by atoms with E-state index in [4.69, 9.17) is 9.47 Å². The van der Waals surface area contributed by atoms with Crippen molar-refractivity contribution in [3.63, 3.8) is 0 Å². The van der Waals surface area contributed by atoms with Crippen LogP contribution >= 0.6 is 0 Å². The van der Waals surface area contributed by atoms with Crippen LogP contribution in [0.4, 0.5) is 18.9 Å². The van der Waals surface area contributed by atoms with Gasteiger partial charge in [0.05, 0.1) is 26.3 Å². The average molecular weight is 339 g/mol. The lowest BCUT2D eigenvalue weighted by molar-refractivity contribution is -0.115. The van der Waals surface area contributed by atoms with Gasteiger partial charge in [0, 0.05) is 0 Å². The molecule has 4 nitrogen and oxygen atoms in total. The van der Waals surface area contributed by atoms with Gasteiger partial charge in [0.25, 0.3) is 0 Å². The molecule has 1 amide bonds. The van der Waals surface area contributed by atoms with Crippen LogP contribution in [0.5, 0.6) is 11.5 Å². The Morgan fingerprint density at radius 2 is 1.67 bits per heavy atom. The zero-order chi connectivity index (χ0) is 17.9. The van der Waals surface area contributed by atoms with E-state index in [-0.39, 0.29) is 6.42 Å². The molecule has 0 saturated heterocycles. The summed E-state index contributed by atoms with van der Waals surface area (Å²) in [5, 5.41) is 2.23. The minimum absolute atomic E-state index is 0.0926. The fourth-order valence-corrected chi connectivity index (χ4v) is 2.20. The van der Waals surface area contributed by atoms with Crippen molar-refractivity contribution in [3.8, 4) is 11.5 Å². The Morgan fingerprint density at radius 1 is 1.04 bits per heavy atom. The molecular weight excluding hydrogens is 323 g/mol. The Balaban J connectivity index is 2.20. The van der Waals surface area contributed by atoms with Crippen molar-refractivity contribution in [1.82, 2.24) is 0 Å². The second kappa shape index (κ2) is 7.25. The molecule has 0 saturated carbocycles. The zero-order valence-corrected chi connectivity index (χ0v) is 13.4. The third kappa shape index (κ3) is 3.61. The van der Waals surface area contributed by atoms with Gasteiger partial charge in [0.1, 0.15) is 0 Å². The third-order valence-corrected chi connectivity index (χ3v) is 3.50. The Labute approximate surface area is 137 Å². The van der Waals surface area contributed by atoms with Crippen molar-refractivity contribution in [1.29, 1.82) is 0 Å². The largest absolute Gasteiger partial charge is 0.493 e. The molecule has 1 N–H and O–H groups in total. The molecule has 0 heterocycles. The first-order valence-electron chi connectivity index (χ1n) is 7.02. The fraction of sp³-hybridized carbons (Fsp3) is 0.235. The van der Waals surface area contributed by atoms with Crippen molar-refractivity contribution in [3.05, 3.63) is 52.8 Å². The number of benzene rings is 2. The number of carbonyl (C=O) groups excluding carboxylic acids is 1. The van der Waals surface area contributed by atoms with Gasteiger partial charge in [-0.25, -0.2) is 13.2 Å². The lowest BCUT2D eigenvalue weighted by Gasteiger charge is -2.13. The number of aryl methyl sites for hydroxylation is 1. The molecule has 0 atom stereocenters. The summed E-state index contributed by atoms with van der Waals surface area (Å²) in [6.07, 6.45) is -0.0926. The first-order chi connectivity index (χ1) is 11.4. The molecule has 0 aromatic heterocycles. The molecule has 0 spiro atoms. The highest BCUT2D eigenvalue weighted by atomic mass is 19.2. The van der Waals surface area contributed by atoms with Crippen LogP contribution in [-0.2, 0) is 11.2 Å². The molecule has 2 rings (SSSR count). The van der Waals surface area contributed by atoms with Crippen LogP contribution in [0.2, 0.25) is 0 Å². The number of nitrogens with one attached hydrogen (secondary N) is 1. The van der Waals surface area contributed by atoms with Gasteiger partial charge in [0.15, 0.2) is 29.0 Å². The second-order valence-corrected chi connectivity index (χ2v) is 5.08. The van der Waals surface area contributed by atoms with Gasteiger partial charge in [-0.1, -0.05) is 0 Å². The molecule has 128 valence electrons. The molecular formula is C17H16F3NO3. The molecule has 7 heteroatoms. The minimum Gasteiger partial charge on any atom is -0.493 e. The number of hydrogen-bond donors (Lipinski definition) is 1. The third-order valence-electron chi connectivity index (χ3n) is 3.50. The van der Waals surface area contributed by atoms with Crippen LogP contribution in [0.3, 0.4) is 0 Å². The van der Waals surface area contributed by atoms with Crippen molar-refractivity contribution < 1.29 is 27.4 Å². The summed E-state index contributed by atoms with van der Waals surface area (Å²) in [4.78, 5) is 12.1. The van der Waals surface area contributed by atoms with Gasteiger partial charge in [-0.2, -0.15) is 0 Å². The van der Waals surface area contributed by atoms with E-state index in [0.29, 0.717) is 17.1 Å². The predicted octanol–water partition coefficient (Wildman–Crippen LogP) is 3.61. The minimum atomic E-state index is -1.63. The quantitative estimate of drug-likeness (QED) is 0.847. The average Bonchev–Trinajstić information content (AvgIpc) is 2.56. The molecule has 0 aliphatic carbocycles. The van der Waals surface area contributed by atoms with Gasteiger partial charge in [-0.15, -0.1) is 0 Å². The lowest BCUT2D eigenvalue weighted by atomic mass is 10.0. The first-order valence-corrected chi connectivity index (χ1v) is 7.02. The summed E-state index contributed by atoms with van der Waals surface area (Å²) in [6.45, 7) is 1.78. The summed E-state index contributed by atoms with van der Waals surface area (Å²) in [5.74, 6) is -3.99. The molecule has 0 unspecified atom stereocenters. The highest BCUT2D eigenvalue weighted by Crippen LogP contribution is 2.30. The molecule has 0 aliphatic heterocycles. The van der Waals surface area contributed by atoms with E-state index >= 15 is 0 Å². The van der Waals surface area contributed by atoms with E-state index in [1.165, 1.54) is 14.2 Å². The summed E-state index contributed by atoms with van der Waals surface area (Å²) < 4.78 is 50.0. The fourth-order valence-electron chi connectivity index (χ4n) is 2.20. The van der Waals surface area contributed by atoms with E-state index < -0.39 is 29.0 Å². The molecule has 24 heavy (non-hydrogen) atoms. The van der Waals surface area contributed by atoms with E-state index in [1.54, 1.807) is 19.1 Å². The van der Waals surface area contributed by atoms with E-state index in [2.05, 4.69) is 5.32 Å². The molecule has 2 aromatic carbocycles. The number of hydrogen-bond acceptors (Lipinski definition) is 3. The summed E-state index contributed by atoms with van der Waals surface area (Å²) in [7, 11) is 2.96. The van der Waals surface area contributed by atoms with Gasteiger partial charge in [0.2, 0.25) is 5.91 Å². The van der Waals surface area contributed by atoms with Gasteiger partial charge < -0.3 is 14.8 Å². The molecule has 2 aromatic rings. The Kier molecular flexibility index (Phi) is 5.33. The number of halogens is 3. The molecule has 0 fully saturated rings. The van der Waals surface area contributed by atoms with E-state index in [1.807, 2.05) is 0 Å². The van der Waals surface area contributed by atoms with Crippen molar-refractivity contribution >= 4 is 11.6 Å². The topological polar surface area (TPSA) is 47.6 Å². The second-order valence-electron chi connectivity index (χ2n) is 5.08. The van der Waals surface area contributed by atoms with Crippen LogP contribution in [0.15, 0.2) is 24.3 Å². The van der Waals surface area contributed by atoms with Crippen LogP contribution in [0, 0.1) is 24.4 Å². The van der Waals surface area contributed by atoms with Gasteiger partial charge in [-0.05, 0) is 42.3 Å². The van der Waals surface area contributed by atoms with Crippen LogP contribution in [-0.4, -0.2) is 20.1 Å². The van der Waals surface area contributed by atoms with E-state index in [9.17, 15) is 18.0 Å². The number of methoxy groups -OCH3 is 2. The number of rotatable bonds is 5. The van der Waals surface area contributed by atoms with Crippen molar-refractivity contribution in [2.45, 2.75) is 13.3 Å². The maximum Gasteiger partial charge on any atom is 0.228 e. The molecule has 0 radical (unpaired) electrons. The SMILES string of the molecule is COc1cc(C)c(CC(=O)Nc2ccc(F)c(F)c2F)cc1OC. The Morgan fingerprint density at radius 3 is 2.29 bits per heavy atom. The maximum atomic E-state index is 13.6.